The molecule has 1 aromatic rings. The van der Waals surface area contributed by atoms with Crippen molar-refractivity contribution < 1.29 is 4.74 Å². The van der Waals surface area contributed by atoms with Crippen LogP contribution in [-0.2, 0) is 0 Å². The van der Waals surface area contributed by atoms with Crippen LogP contribution < -0.4 is 15.8 Å². The van der Waals surface area contributed by atoms with Crippen LogP contribution in [0.5, 0.6) is 5.88 Å². The van der Waals surface area contributed by atoms with Crippen LogP contribution in [0.15, 0.2) is 12.1 Å². The number of nitrogens with zero attached hydrogens (tertiary/aromatic N) is 1. The van der Waals surface area contributed by atoms with Gasteiger partial charge in [-0.15, -0.1) is 0 Å². The van der Waals surface area contributed by atoms with Gasteiger partial charge in [0.1, 0.15) is 5.82 Å². The third kappa shape index (κ3) is 3.51. The Bertz CT molecular complexity index is 375. The van der Waals surface area contributed by atoms with Crippen LogP contribution in [0.4, 0.5) is 11.5 Å². The zero-order valence-electron chi connectivity index (χ0n) is 11.4. The van der Waals surface area contributed by atoms with Gasteiger partial charge in [0, 0.05) is 6.54 Å². The van der Waals surface area contributed by atoms with Crippen molar-refractivity contribution in [3.8, 4) is 5.88 Å². The second kappa shape index (κ2) is 5.25. The van der Waals surface area contributed by atoms with Gasteiger partial charge in [0.15, 0.2) is 0 Å². The number of nitrogens with one attached hydrogen (secondary N) is 1. The van der Waals surface area contributed by atoms with Crippen LogP contribution in [0.25, 0.3) is 0 Å². The van der Waals surface area contributed by atoms with Crippen molar-refractivity contribution in [3.05, 3.63) is 12.1 Å². The summed E-state index contributed by atoms with van der Waals surface area (Å²) in [7, 11) is 1.57. The zero-order chi connectivity index (χ0) is 13.1. The Hall–Kier alpha value is -1.45. The molecule has 0 fully saturated rings. The summed E-state index contributed by atoms with van der Waals surface area (Å²) in [6.45, 7) is 9.78. The summed E-state index contributed by atoms with van der Waals surface area (Å²) in [5.41, 5.74) is 6.49. The van der Waals surface area contributed by atoms with Crippen molar-refractivity contribution in [2.45, 2.75) is 27.7 Å². The molecule has 0 aliphatic carbocycles. The molecule has 96 valence electrons. The van der Waals surface area contributed by atoms with E-state index in [0.717, 1.165) is 12.4 Å². The minimum Gasteiger partial charge on any atom is -0.479 e. The molecule has 0 bridgehead atoms. The highest BCUT2D eigenvalue weighted by atomic mass is 16.5. The van der Waals surface area contributed by atoms with E-state index < -0.39 is 0 Å². The van der Waals surface area contributed by atoms with Crippen LogP contribution in [0.1, 0.15) is 27.7 Å². The fourth-order valence-electron chi connectivity index (χ4n) is 1.24. The van der Waals surface area contributed by atoms with E-state index in [9.17, 15) is 0 Å². The van der Waals surface area contributed by atoms with Gasteiger partial charge < -0.3 is 15.8 Å². The van der Waals surface area contributed by atoms with Gasteiger partial charge in [0.05, 0.1) is 12.8 Å². The number of hydrogen-bond donors (Lipinski definition) is 2. The van der Waals surface area contributed by atoms with E-state index in [2.05, 4.69) is 38.0 Å². The normalized spacial score (nSPS) is 11.6. The maximum Gasteiger partial charge on any atom is 0.238 e. The molecule has 0 atom stereocenters. The third-order valence-electron chi connectivity index (χ3n) is 3.37. The van der Waals surface area contributed by atoms with E-state index >= 15 is 0 Å². The van der Waals surface area contributed by atoms with Crippen molar-refractivity contribution >= 4 is 11.5 Å². The Labute approximate surface area is 104 Å². The van der Waals surface area contributed by atoms with Crippen molar-refractivity contribution in [3.63, 3.8) is 0 Å². The summed E-state index contributed by atoms with van der Waals surface area (Å²) in [6.07, 6.45) is 0. The summed E-state index contributed by atoms with van der Waals surface area (Å²) in [4.78, 5) is 4.29. The molecule has 4 nitrogen and oxygen atoms in total. The average molecular weight is 237 g/mol. The number of pyridine rings is 1. The summed E-state index contributed by atoms with van der Waals surface area (Å²) in [6, 6.07) is 3.67. The molecule has 1 heterocycles. The second-order valence-electron chi connectivity index (χ2n) is 5.29. The molecule has 0 aliphatic heterocycles. The Balaban J connectivity index is 2.70. The fourth-order valence-corrected chi connectivity index (χ4v) is 1.24. The molecule has 0 spiro atoms. The van der Waals surface area contributed by atoms with Gasteiger partial charge in [-0.3, -0.25) is 0 Å². The standard InChI is InChI=1S/C13H23N3O/c1-9(2)13(3,4)8-15-11-7-6-10(14)12(16-11)17-5/h6-7,9H,8,14H2,1-5H3,(H,15,16). The van der Waals surface area contributed by atoms with Gasteiger partial charge in [-0.05, 0) is 23.5 Å². The van der Waals surface area contributed by atoms with E-state index in [1.54, 1.807) is 13.2 Å². The highest BCUT2D eigenvalue weighted by Crippen LogP contribution is 2.27. The highest BCUT2D eigenvalue weighted by Gasteiger charge is 2.22. The molecule has 3 N–H and O–H groups in total. The largest absolute Gasteiger partial charge is 0.479 e. The van der Waals surface area contributed by atoms with Crippen molar-refractivity contribution in [2.75, 3.05) is 24.7 Å². The van der Waals surface area contributed by atoms with Gasteiger partial charge in [0.25, 0.3) is 0 Å². The van der Waals surface area contributed by atoms with Crippen LogP contribution in [0.3, 0.4) is 0 Å². The number of rotatable bonds is 5. The molecule has 1 rings (SSSR count). The average Bonchev–Trinajstić information content (AvgIpc) is 2.28. The van der Waals surface area contributed by atoms with E-state index in [4.69, 9.17) is 10.5 Å². The number of nitrogen functional groups attached to an aromatic ring is 1. The van der Waals surface area contributed by atoms with Gasteiger partial charge in [-0.2, -0.15) is 4.98 Å². The molecular weight excluding hydrogens is 214 g/mol. The van der Waals surface area contributed by atoms with Crippen LogP contribution in [0, 0.1) is 11.3 Å². The van der Waals surface area contributed by atoms with E-state index in [1.165, 1.54) is 0 Å². The maximum absolute atomic E-state index is 5.71. The lowest BCUT2D eigenvalue weighted by Gasteiger charge is -2.29. The van der Waals surface area contributed by atoms with Gasteiger partial charge >= 0.3 is 0 Å². The molecule has 0 aromatic carbocycles. The van der Waals surface area contributed by atoms with Gasteiger partial charge in [-0.1, -0.05) is 27.7 Å². The summed E-state index contributed by atoms with van der Waals surface area (Å²) >= 11 is 0. The topological polar surface area (TPSA) is 60.2 Å². The minimum atomic E-state index is 0.219. The fraction of sp³-hybridized carbons (Fsp3) is 0.615. The first kappa shape index (κ1) is 13.6. The molecule has 0 saturated heterocycles. The van der Waals surface area contributed by atoms with Gasteiger partial charge in [-0.25, -0.2) is 0 Å². The predicted octanol–water partition coefficient (Wildman–Crippen LogP) is 2.77. The van der Waals surface area contributed by atoms with Crippen molar-refractivity contribution in [1.29, 1.82) is 0 Å². The first-order valence-electron chi connectivity index (χ1n) is 5.91. The molecule has 1 aromatic heterocycles. The number of anilines is 2. The summed E-state index contributed by atoms with van der Waals surface area (Å²) in [5, 5.41) is 3.32. The Kier molecular flexibility index (Phi) is 4.21. The van der Waals surface area contributed by atoms with Crippen molar-refractivity contribution in [2.24, 2.45) is 11.3 Å². The lowest BCUT2D eigenvalue weighted by atomic mass is 9.81. The molecule has 17 heavy (non-hydrogen) atoms. The molecular formula is C13H23N3O. The summed E-state index contributed by atoms with van der Waals surface area (Å²) in [5.74, 6) is 1.87. The van der Waals surface area contributed by atoms with Crippen molar-refractivity contribution in [1.82, 2.24) is 4.98 Å². The van der Waals surface area contributed by atoms with Crippen LogP contribution >= 0.6 is 0 Å². The minimum absolute atomic E-state index is 0.219. The maximum atomic E-state index is 5.71. The molecule has 0 amide bonds. The Morgan fingerprint density at radius 1 is 1.41 bits per heavy atom. The number of nitrogens with two attached hydrogens (primary N) is 1. The van der Waals surface area contributed by atoms with Crippen LogP contribution in [-0.4, -0.2) is 18.6 Å². The molecule has 0 saturated carbocycles. The first-order chi connectivity index (χ1) is 7.86. The molecule has 0 unspecified atom stereocenters. The monoisotopic (exact) mass is 237 g/mol. The van der Waals surface area contributed by atoms with Gasteiger partial charge in [0.2, 0.25) is 5.88 Å². The smallest absolute Gasteiger partial charge is 0.238 e. The number of methoxy groups -OCH3 is 1. The Morgan fingerprint density at radius 2 is 2.06 bits per heavy atom. The third-order valence-corrected chi connectivity index (χ3v) is 3.37. The Morgan fingerprint density at radius 3 is 2.59 bits per heavy atom. The predicted molar refractivity (Wildman–Crippen MR) is 72.3 cm³/mol. The van der Waals surface area contributed by atoms with Crippen LogP contribution in [0.2, 0.25) is 0 Å². The number of ether oxygens (including phenoxy) is 1. The van der Waals surface area contributed by atoms with E-state index in [-0.39, 0.29) is 5.41 Å². The number of aromatic nitrogens is 1. The second-order valence-corrected chi connectivity index (χ2v) is 5.29. The number of hydrogen-bond acceptors (Lipinski definition) is 4. The molecule has 4 heteroatoms. The lowest BCUT2D eigenvalue weighted by molar-refractivity contribution is 0.269. The lowest BCUT2D eigenvalue weighted by Crippen LogP contribution is -2.28. The molecule has 0 radical (unpaired) electrons. The molecule has 0 aliphatic rings. The SMILES string of the molecule is COc1nc(NCC(C)(C)C(C)C)ccc1N. The quantitative estimate of drug-likeness (QED) is 0.826. The first-order valence-corrected chi connectivity index (χ1v) is 5.91. The van der Waals surface area contributed by atoms with E-state index in [1.807, 2.05) is 6.07 Å². The van der Waals surface area contributed by atoms with E-state index in [0.29, 0.717) is 17.5 Å². The summed E-state index contributed by atoms with van der Waals surface area (Å²) < 4.78 is 5.09. The highest BCUT2D eigenvalue weighted by molar-refractivity contribution is 5.53. The zero-order valence-corrected chi connectivity index (χ0v) is 11.4.